The lowest BCUT2D eigenvalue weighted by Crippen LogP contribution is -2.45. The summed E-state index contributed by atoms with van der Waals surface area (Å²) in [6.45, 7) is 9.92. The van der Waals surface area contributed by atoms with E-state index in [0.29, 0.717) is 28.3 Å². The van der Waals surface area contributed by atoms with Gasteiger partial charge in [0.15, 0.2) is 11.5 Å². The van der Waals surface area contributed by atoms with Crippen LogP contribution in [0, 0.1) is 12.8 Å². The van der Waals surface area contributed by atoms with Gasteiger partial charge in [-0.3, -0.25) is 14.5 Å². The molecular weight excluding hydrogens is 644 g/mol. The van der Waals surface area contributed by atoms with Crippen molar-refractivity contribution in [1.82, 2.24) is 19.3 Å². The molecule has 0 aliphatic carbocycles. The average molecular weight is 691 g/mol. The molecule has 4 aromatic rings. The number of amides is 2. The number of hydrogen-bond donors (Lipinski definition) is 2. The van der Waals surface area contributed by atoms with Crippen LogP contribution in [0.1, 0.15) is 44.8 Å². The number of anilines is 2. The number of nitrogens with zero attached hydrogens (tertiary/aromatic N) is 4. The first kappa shape index (κ1) is 34.5. The van der Waals surface area contributed by atoms with Crippen LogP contribution in [0.2, 0.25) is 0 Å². The first-order valence-electron chi connectivity index (χ1n) is 17.7. The number of allylic oxidation sites excluding steroid dienone is 1. The monoisotopic (exact) mass is 690 g/mol. The fourth-order valence-electron chi connectivity index (χ4n) is 7.31. The van der Waals surface area contributed by atoms with Crippen LogP contribution in [0.4, 0.5) is 16.2 Å². The molecule has 2 N–H and O–H groups in total. The molecular formula is C40H46N6O5. The molecule has 4 heterocycles. The van der Waals surface area contributed by atoms with Gasteiger partial charge in [-0.25, -0.2) is 4.79 Å². The molecule has 0 atom stereocenters. The van der Waals surface area contributed by atoms with Crippen LogP contribution in [-0.2, 0) is 6.54 Å². The number of hydrogen-bond acceptors (Lipinski definition) is 8. The number of ether oxygens (including phenoxy) is 2. The highest BCUT2D eigenvalue weighted by Crippen LogP contribution is 2.37. The number of nitrogens with one attached hydrogen (secondary N) is 2. The second-order valence-electron chi connectivity index (χ2n) is 13.9. The summed E-state index contributed by atoms with van der Waals surface area (Å²) in [5.74, 6) is 1.35. The molecule has 7 rings (SSSR count). The topological polar surface area (TPSA) is 108 Å². The number of Topliss-reactive ketones (excluding diaryl/α,β-unsaturated/α-hetero) is 2. The lowest BCUT2D eigenvalue weighted by atomic mass is 9.89. The Morgan fingerprint density at radius 3 is 2.27 bits per heavy atom. The van der Waals surface area contributed by atoms with Gasteiger partial charge in [-0.1, -0.05) is 0 Å². The number of fused-ring (bicyclic) bond motifs is 2. The number of piperidine rings is 1. The number of piperazine rings is 1. The van der Waals surface area contributed by atoms with Gasteiger partial charge >= 0.3 is 6.03 Å². The molecule has 0 saturated carbocycles. The van der Waals surface area contributed by atoms with Gasteiger partial charge in [-0.15, -0.1) is 0 Å². The number of methoxy groups -OCH3 is 1. The molecule has 266 valence electrons. The Labute approximate surface area is 298 Å². The van der Waals surface area contributed by atoms with E-state index in [0.717, 1.165) is 93.1 Å². The van der Waals surface area contributed by atoms with Gasteiger partial charge in [0, 0.05) is 84.3 Å². The van der Waals surface area contributed by atoms with E-state index in [1.165, 1.54) is 0 Å². The van der Waals surface area contributed by atoms with Gasteiger partial charge in [-0.2, -0.15) is 0 Å². The quantitative estimate of drug-likeness (QED) is 0.163. The molecule has 11 heteroatoms. The summed E-state index contributed by atoms with van der Waals surface area (Å²) in [5.41, 5.74) is 5.09. The van der Waals surface area contributed by atoms with Crippen molar-refractivity contribution in [3.8, 4) is 11.5 Å². The summed E-state index contributed by atoms with van der Waals surface area (Å²) in [6.07, 6.45) is 3.55. The molecule has 0 bridgehead atoms. The Kier molecular flexibility index (Phi) is 9.95. The van der Waals surface area contributed by atoms with Crippen LogP contribution in [0.5, 0.6) is 11.5 Å². The van der Waals surface area contributed by atoms with E-state index in [2.05, 4.69) is 57.0 Å². The molecule has 11 nitrogen and oxygen atoms in total. The normalized spacial score (nSPS) is 18.2. The molecule has 2 fully saturated rings. The molecule has 3 aromatic carbocycles. The number of rotatable bonds is 9. The minimum Gasteiger partial charge on any atom is -0.497 e. The van der Waals surface area contributed by atoms with Crippen LogP contribution >= 0.6 is 0 Å². The number of aromatic nitrogens is 1. The van der Waals surface area contributed by atoms with Crippen molar-refractivity contribution in [2.45, 2.75) is 26.3 Å². The standard InChI is InChI=1S/C40H46N6O5/c1-26-32(33-24-31(50-4)10-11-35(33)46(26)22-21-45-19-17-44(3)18-20-45)25-37-39(48)34-23-30(9-12-36(34)51-37)42-40(49)41-29-7-5-27(6-8-29)38(47)28-13-15-43(2)16-14-28/h5-12,23-25,28H,13-22H2,1-4H3,(H2,41,42,49)/b37-25-. The Morgan fingerprint density at radius 2 is 1.55 bits per heavy atom. The lowest BCUT2D eigenvalue weighted by Gasteiger charge is -2.32. The van der Waals surface area contributed by atoms with Crippen LogP contribution in [0.25, 0.3) is 17.0 Å². The molecule has 0 spiro atoms. The second-order valence-corrected chi connectivity index (χ2v) is 13.9. The maximum Gasteiger partial charge on any atom is 0.323 e. The van der Waals surface area contributed by atoms with Crippen LogP contribution in [-0.4, -0.2) is 104 Å². The van der Waals surface area contributed by atoms with Crippen molar-refractivity contribution >= 4 is 46.0 Å². The zero-order valence-corrected chi connectivity index (χ0v) is 29.8. The predicted molar refractivity (Wildman–Crippen MR) is 200 cm³/mol. The van der Waals surface area contributed by atoms with Crippen molar-refractivity contribution in [2.24, 2.45) is 5.92 Å². The number of likely N-dealkylation sites (N-methyl/N-ethyl adjacent to an activating group) is 1. The molecule has 3 aliphatic heterocycles. The van der Waals surface area contributed by atoms with E-state index in [1.807, 2.05) is 18.2 Å². The Morgan fingerprint density at radius 1 is 0.863 bits per heavy atom. The molecule has 3 aliphatic rings. The summed E-state index contributed by atoms with van der Waals surface area (Å²) < 4.78 is 14.0. The molecule has 51 heavy (non-hydrogen) atoms. The van der Waals surface area contributed by atoms with E-state index < -0.39 is 6.03 Å². The number of benzene rings is 3. The minimum absolute atomic E-state index is 0.0373. The van der Waals surface area contributed by atoms with Crippen LogP contribution < -0.4 is 20.1 Å². The van der Waals surface area contributed by atoms with Crippen molar-refractivity contribution in [3.05, 3.63) is 88.8 Å². The summed E-state index contributed by atoms with van der Waals surface area (Å²) in [4.78, 5) is 46.6. The summed E-state index contributed by atoms with van der Waals surface area (Å²) in [5, 5.41) is 6.62. The number of carbonyl (C=O) groups excluding carboxylic acids is 3. The number of ketones is 2. The van der Waals surface area contributed by atoms with E-state index in [1.54, 1.807) is 49.6 Å². The minimum atomic E-state index is -0.458. The number of carbonyl (C=O) groups is 3. The van der Waals surface area contributed by atoms with Gasteiger partial charge in [0.2, 0.25) is 5.78 Å². The van der Waals surface area contributed by atoms with Crippen molar-refractivity contribution in [3.63, 3.8) is 0 Å². The average Bonchev–Trinajstić information content (AvgIpc) is 3.59. The fraction of sp³-hybridized carbons (Fsp3) is 0.375. The van der Waals surface area contributed by atoms with Crippen LogP contribution in [0.3, 0.4) is 0 Å². The number of urea groups is 1. The second kappa shape index (κ2) is 14.7. The van der Waals surface area contributed by atoms with Gasteiger partial charge in [0.05, 0.1) is 12.7 Å². The first-order chi connectivity index (χ1) is 24.7. The van der Waals surface area contributed by atoms with Crippen molar-refractivity contribution in [1.29, 1.82) is 0 Å². The van der Waals surface area contributed by atoms with Gasteiger partial charge in [0.25, 0.3) is 0 Å². The maximum absolute atomic E-state index is 13.7. The maximum atomic E-state index is 13.7. The highest BCUT2D eigenvalue weighted by atomic mass is 16.5. The Hall–Kier alpha value is -4.97. The van der Waals surface area contributed by atoms with E-state index >= 15 is 0 Å². The molecule has 0 unspecified atom stereocenters. The van der Waals surface area contributed by atoms with Crippen molar-refractivity contribution in [2.75, 3.05) is 77.7 Å². The van der Waals surface area contributed by atoms with Gasteiger partial charge in [0.1, 0.15) is 11.5 Å². The Balaban J connectivity index is 1.04. The molecule has 1 aromatic heterocycles. The van der Waals surface area contributed by atoms with Gasteiger partial charge in [-0.05, 0) is 114 Å². The lowest BCUT2D eigenvalue weighted by molar-refractivity contribution is 0.0856. The summed E-state index contributed by atoms with van der Waals surface area (Å²) in [7, 11) is 5.89. The third-order valence-corrected chi connectivity index (χ3v) is 10.5. The van der Waals surface area contributed by atoms with E-state index in [9.17, 15) is 14.4 Å². The van der Waals surface area contributed by atoms with E-state index in [4.69, 9.17) is 9.47 Å². The molecule has 0 radical (unpaired) electrons. The predicted octanol–water partition coefficient (Wildman–Crippen LogP) is 5.99. The third kappa shape index (κ3) is 7.42. The third-order valence-electron chi connectivity index (χ3n) is 10.5. The zero-order chi connectivity index (χ0) is 35.6. The van der Waals surface area contributed by atoms with Gasteiger partial charge < -0.3 is 34.5 Å². The summed E-state index contributed by atoms with van der Waals surface area (Å²) >= 11 is 0. The molecule has 2 amide bonds. The Bertz CT molecular complexity index is 1980. The smallest absolute Gasteiger partial charge is 0.323 e. The fourth-order valence-corrected chi connectivity index (χ4v) is 7.31. The highest BCUT2D eigenvalue weighted by Gasteiger charge is 2.29. The SMILES string of the molecule is COc1ccc2c(c1)c(/C=C1\Oc3ccc(NC(=O)Nc4ccc(C(=O)C5CCN(C)CC5)cc4)cc3C1=O)c(C)n2CCN1CCN(C)CC1. The van der Waals surface area contributed by atoms with E-state index in [-0.39, 0.29) is 23.2 Å². The highest BCUT2D eigenvalue weighted by molar-refractivity contribution is 6.16. The van der Waals surface area contributed by atoms with Crippen LogP contribution in [0.15, 0.2) is 66.4 Å². The molecule has 2 saturated heterocycles. The summed E-state index contributed by atoms with van der Waals surface area (Å²) in [6, 6.07) is 17.6. The largest absolute Gasteiger partial charge is 0.497 e. The first-order valence-corrected chi connectivity index (χ1v) is 17.7. The number of likely N-dealkylation sites (tertiary alicyclic amines) is 1. The van der Waals surface area contributed by atoms with Crippen molar-refractivity contribution < 1.29 is 23.9 Å². The zero-order valence-electron chi connectivity index (χ0n) is 29.8.